The molecule has 24 heavy (non-hydrogen) atoms. The smallest absolute Gasteiger partial charge is 0.231 e. The second-order valence-corrected chi connectivity index (χ2v) is 5.90. The molecule has 126 valence electrons. The van der Waals surface area contributed by atoms with E-state index in [2.05, 4.69) is 5.32 Å². The molecule has 0 fully saturated rings. The third-order valence-corrected chi connectivity index (χ3v) is 4.28. The summed E-state index contributed by atoms with van der Waals surface area (Å²) in [5.74, 6) is 1.38. The van der Waals surface area contributed by atoms with Crippen LogP contribution >= 0.6 is 11.6 Å². The molecule has 2 aromatic rings. The van der Waals surface area contributed by atoms with Crippen LogP contribution in [0.15, 0.2) is 36.4 Å². The van der Waals surface area contributed by atoms with Crippen LogP contribution < -0.4 is 19.5 Å². The molecule has 1 N–H and O–H groups in total. The average Bonchev–Trinajstić information content (AvgIpc) is 2.62. The number of fused-ring (bicyclic) bond motifs is 1. The van der Waals surface area contributed by atoms with Gasteiger partial charge in [-0.25, -0.2) is 0 Å². The fourth-order valence-corrected chi connectivity index (χ4v) is 2.92. The summed E-state index contributed by atoms with van der Waals surface area (Å²) in [5, 5.41) is 3.30. The molecule has 0 bridgehead atoms. The lowest BCUT2D eigenvalue weighted by atomic mass is 9.96. The van der Waals surface area contributed by atoms with Gasteiger partial charge in [-0.1, -0.05) is 29.8 Å². The van der Waals surface area contributed by atoms with Gasteiger partial charge in [0.15, 0.2) is 0 Å². The van der Waals surface area contributed by atoms with E-state index in [0.29, 0.717) is 35.2 Å². The maximum absolute atomic E-state index is 12.6. The lowest BCUT2D eigenvalue weighted by Gasteiger charge is -2.25. The van der Waals surface area contributed by atoms with E-state index in [4.69, 9.17) is 25.8 Å². The number of anilines is 1. The van der Waals surface area contributed by atoms with Crippen molar-refractivity contribution < 1.29 is 19.0 Å². The third kappa shape index (κ3) is 3.26. The Bertz CT molecular complexity index is 763. The van der Waals surface area contributed by atoms with Crippen molar-refractivity contribution in [3.05, 3.63) is 47.0 Å². The Kier molecular flexibility index (Phi) is 4.81. The topological polar surface area (TPSA) is 56.8 Å². The highest BCUT2D eigenvalue weighted by Gasteiger charge is 2.26. The molecule has 5 nitrogen and oxygen atoms in total. The van der Waals surface area contributed by atoms with Gasteiger partial charge in [0.1, 0.15) is 23.9 Å². The Morgan fingerprint density at radius 1 is 1.21 bits per heavy atom. The number of amides is 1. The van der Waals surface area contributed by atoms with Crippen LogP contribution in [0.1, 0.15) is 5.56 Å². The molecular weight excluding hydrogens is 330 g/mol. The van der Waals surface area contributed by atoms with Gasteiger partial charge in [0.05, 0.1) is 30.8 Å². The van der Waals surface area contributed by atoms with Crippen LogP contribution in [-0.4, -0.2) is 26.7 Å². The first kappa shape index (κ1) is 16.5. The maximum Gasteiger partial charge on any atom is 0.231 e. The van der Waals surface area contributed by atoms with E-state index in [1.54, 1.807) is 12.1 Å². The van der Waals surface area contributed by atoms with Gasteiger partial charge in [-0.2, -0.15) is 0 Å². The van der Waals surface area contributed by atoms with Gasteiger partial charge >= 0.3 is 0 Å². The number of benzene rings is 2. The fraction of sp³-hybridized carbons (Fsp3) is 0.278. The molecule has 0 radical (unpaired) electrons. The molecular formula is C18H18ClNO4. The van der Waals surface area contributed by atoms with Crippen LogP contribution in [0.4, 0.5) is 5.69 Å². The molecule has 1 aliphatic heterocycles. The van der Waals surface area contributed by atoms with E-state index in [-0.39, 0.29) is 11.8 Å². The van der Waals surface area contributed by atoms with Crippen LogP contribution in [0.25, 0.3) is 0 Å². The van der Waals surface area contributed by atoms with Crippen molar-refractivity contribution in [2.24, 2.45) is 5.92 Å². The van der Waals surface area contributed by atoms with E-state index < -0.39 is 0 Å². The van der Waals surface area contributed by atoms with E-state index in [1.807, 2.05) is 24.3 Å². The average molecular weight is 348 g/mol. The highest BCUT2D eigenvalue weighted by atomic mass is 35.5. The monoisotopic (exact) mass is 347 g/mol. The van der Waals surface area contributed by atoms with Crippen molar-refractivity contribution in [1.82, 2.24) is 0 Å². The van der Waals surface area contributed by atoms with E-state index in [0.717, 1.165) is 11.3 Å². The Balaban J connectivity index is 1.78. The number of nitrogens with one attached hydrogen (secondary N) is 1. The number of para-hydroxylation sites is 1. The zero-order chi connectivity index (χ0) is 17.1. The number of methoxy groups -OCH3 is 2. The summed E-state index contributed by atoms with van der Waals surface area (Å²) in [6.07, 6.45) is 0.634. The normalized spacial score (nSPS) is 15.9. The SMILES string of the molecule is COc1cc(NC(=O)C2COc3ccccc3C2)c(OC)cc1Cl. The summed E-state index contributed by atoms with van der Waals surface area (Å²) in [4.78, 5) is 12.6. The number of halogens is 1. The van der Waals surface area contributed by atoms with E-state index in [1.165, 1.54) is 14.2 Å². The van der Waals surface area contributed by atoms with Gasteiger partial charge in [-0.05, 0) is 18.1 Å². The largest absolute Gasteiger partial charge is 0.495 e. The molecule has 0 saturated heterocycles. The van der Waals surface area contributed by atoms with Crippen molar-refractivity contribution >= 4 is 23.2 Å². The minimum absolute atomic E-state index is 0.132. The number of carbonyl (C=O) groups is 1. The number of rotatable bonds is 4. The molecule has 0 spiro atoms. The lowest BCUT2D eigenvalue weighted by molar-refractivity contribution is -0.121. The van der Waals surface area contributed by atoms with Gasteiger partial charge < -0.3 is 19.5 Å². The van der Waals surface area contributed by atoms with Gasteiger partial charge in [0, 0.05) is 12.1 Å². The Morgan fingerprint density at radius 2 is 1.96 bits per heavy atom. The predicted octanol–water partition coefficient (Wildman–Crippen LogP) is 3.55. The summed E-state index contributed by atoms with van der Waals surface area (Å²) < 4.78 is 16.2. The molecule has 1 atom stereocenters. The van der Waals surface area contributed by atoms with Crippen molar-refractivity contribution in [3.63, 3.8) is 0 Å². The number of hydrogen-bond donors (Lipinski definition) is 1. The second kappa shape index (κ2) is 7.01. The fourth-order valence-electron chi connectivity index (χ4n) is 2.69. The third-order valence-electron chi connectivity index (χ3n) is 3.98. The lowest BCUT2D eigenvalue weighted by Crippen LogP contribution is -2.32. The van der Waals surface area contributed by atoms with Crippen molar-refractivity contribution in [2.45, 2.75) is 6.42 Å². The van der Waals surface area contributed by atoms with Crippen LogP contribution in [0.5, 0.6) is 17.2 Å². The first-order valence-corrected chi connectivity index (χ1v) is 7.93. The van der Waals surface area contributed by atoms with Crippen LogP contribution in [-0.2, 0) is 11.2 Å². The molecule has 0 saturated carbocycles. The summed E-state index contributed by atoms with van der Waals surface area (Å²) in [5.41, 5.74) is 1.55. The van der Waals surface area contributed by atoms with Gasteiger partial charge in [-0.15, -0.1) is 0 Å². The van der Waals surface area contributed by atoms with Crippen molar-refractivity contribution in [2.75, 3.05) is 26.1 Å². The second-order valence-electron chi connectivity index (χ2n) is 5.50. The number of carbonyl (C=O) groups excluding carboxylic acids is 1. The number of ether oxygens (including phenoxy) is 3. The van der Waals surface area contributed by atoms with E-state index in [9.17, 15) is 4.79 Å². The minimum Gasteiger partial charge on any atom is -0.495 e. The van der Waals surface area contributed by atoms with Crippen LogP contribution in [0.2, 0.25) is 5.02 Å². The van der Waals surface area contributed by atoms with Crippen LogP contribution in [0.3, 0.4) is 0 Å². The highest BCUT2D eigenvalue weighted by molar-refractivity contribution is 6.32. The molecule has 1 aliphatic rings. The van der Waals surface area contributed by atoms with Crippen LogP contribution in [0, 0.1) is 5.92 Å². The van der Waals surface area contributed by atoms with Crippen molar-refractivity contribution in [1.29, 1.82) is 0 Å². The summed E-state index contributed by atoms with van der Waals surface area (Å²) in [6.45, 7) is 0.343. The first-order valence-electron chi connectivity index (χ1n) is 7.55. The molecule has 1 amide bonds. The summed E-state index contributed by atoms with van der Waals surface area (Å²) in [7, 11) is 3.04. The van der Waals surface area contributed by atoms with Crippen molar-refractivity contribution in [3.8, 4) is 17.2 Å². The zero-order valence-electron chi connectivity index (χ0n) is 13.5. The molecule has 3 rings (SSSR count). The molecule has 1 unspecified atom stereocenters. The van der Waals surface area contributed by atoms with Gasteiger partial charge in [0.2, 0.25) is 5.91 Å². The van der Waals surface area contributed by atoms with Gasteiger partial charge in [-0.3, -0.25) is 4.79 Å². The quantitative estimate of drug-likeness (QED) is 0.919. The minimum atomic E-state index is -0.272. The molecule has 0 aromatic heterocycles. The first-order chi connectivity index (χ1) is 11.6. The maximum atomic E-state index is 12.6. The van der Waals surface area contributed by atoms with E-state index >= 15 is 0 Å². The Labute approximate surface area is 145 Å². The number of hydrogen-bond acceptors (Lipinski definition) is 4. The van der Waals surface area contributed by atoms with Gasteiger partial charge in [0.25, 0.3) is 0 Å². The standard InChI is InChI=1S/C18H18ClNO4/c1-22-16-9-14(17(23-2)8-13(16)19)20-18(21)12-7-11-5-3-4-6-15(11)24-10-12/h3-6,8-9,12H,7,10H2,1-2H3,(H,20,21). The summed E-state index contributed by atoms with van der Waals surface area (Å²) in [6, 6.07) is 11.0. The molecule has 0 aliphatic carbocycles. The molecule has 1 heterocycles. The Hall–Kier alpha value is -2.40. The summed E-state index contributed by atoms with van der Waals surface area (Å²) >= 11 is 6.08. The molecule has 6 heteroatoms. The highest BCUT2D eigenvalue weighted by Crippen LogP contribution is 2.36. The predicted molar refractivity (Wildman–Crippen MR) is 92.3 cm³/mol. The molecule has 2 aromatic carbocycles. The zero-order valence-corrected chi connectivity index (χ0v) is 14.2. The Morgan fingerprint density at radius 3 is 2.71 bits per heavy atom.